The number of carbonyl (C=O) groups is 2. The Balaban J connectivity index is 2.16. The number of ketones is 1. The molecule has 2 aromatic carbocycles. The lowest BCUT2D eigenvalue weighted by Gasteiger charge is -2.28. The summed E-state index contributed by atoms with van der Waals surface area (Å²) in [5.41, 5.74) is 2.19. The molecule has 0 amide bonds. The summed E-state index contributed by atoms with van der Waals surface area (Å²) in [7, 11) is 1.47. The molecular weight excluding hydrogens is 478 g/mol. The Morgan fingerprint density at radius 1 is 1.06 bits per heavy atom. The summed E-state index contributed by atoms with van der Waals surface area (Å²) in [6.45, 7) is 9.04. The maximum absolute atomic E-state index is 13.5. The summed E-state index contributed by atoms with van der Waals surface area (Å²) >= 11 is 6.21. The van der Waals surface area contributed by atoms with Crippen LogP contribution in [-0.4, -0.2) is 29.0 Å². The summed E-state index contributed by atoms with van der Waals surface area (Å²) in [6.07, 6.45) is 2.38. The quantitative estimate of drug-likeness (QED) is 0.253. The number of carbonyl (C=O) groups excluding carboxylic acids is 2. The summed E-state index contributed by atoms with van der Waals surface area (Å²) in [4.78, 5) is 39.1. The number of benzene rings is 2. The lowest BCUT2D eigenvalue weighted by Crippen LogP contribution is -2.37. The fraction of sp³-hybridized carbons (Fsp3) is 0.345. The first-order valence-corrected chi connectivity index (χ1v) is 12.2. The van der Waals surface area contributed by atoms with E-state index in [0.29, 0.717) is 33.9 Å². The van der Waals surface area contributed by atoms with E-state index in [0.717, 1.165) is 11.1 Å². The molecule has 0 spiro atoms. The van der Waals surface area contributed by atoms with E-state index < -0.39 is 23.2 Å². The molecule has 1 unspecified atom stereocenters. The Morgan fingerprint density at radius 2 is 1.72 bits per heavy atom. The number of halogens is 1. The van der Waals surface area contributed by atoms with Crippen molar-refractivity contribution in [1.29, 1.82) is 0 Å². The fourth-order valence-electron chi connectivity index (χ4n) is 3.85. The molecule has 0 saturated carbocycles. The molecule has 0 N–H and O–H groups in total. The van der Waals surface area contributed by atoms with Crippen molar-refractivity contribution in [2.24, 2.45) is 0 Å². The maximum atomic E-state index is 13.5. The summed E-state index contributed by atoms with van der Waals surface area (Å²) in [5, 5.41) is 0.420. The van der Waals surface area contributed by atoms with Gasteiger partial charge in [0.15, 0.2) is 5.78 Å². The van der Waals surface area contributed by atoms with E-state index in [9.17, 15) is 14.4 Å². The molecule has 3 aromatic rings. The minimum Gasteiger partial charge on any atom is -0.495 e. The monoisotopic (exact) mass is 509 g/mol. The number of hydrogen-bond acceptors (Lipinski definition) is 5. The van der Waals surface area contributed by atoms with Gasteiger partial charge >= 0.3 is 5.97 Å². The molecule has 3 rings (SSSR count). The van der Waals surface area contributed by atoms with Crippen molar-refractivity contribution in [1.82, 2.24) is 4.57 Å². The number of ether oxygens (including phenoxy) is 2. The molecule has 6 nitrogen and oxygen atoms in total. The van der Waals surface area contributed by atoms with Crippen molar-refractivity contribution >= 4 is 23.4 Å². The van der Waals surface area contributed by atoms with E-state index in [1.54, 1.807) is 18.2 Å². The third-order valence-electron chi connectivity index (χ3n) is 6.30. The van der Waals surface area contributed by atoms with Crippen LogP contribution in [0.25, 0.3) is 11.1 Å². The molecule has 0 aliphatic carbocycles. The lowest BCUT2D eigenvalue weighted by molar-refractivity contribution is -0.161. The van der Waals surface area contributed by atoms with Crippen LogP contribution in [0, 0.1) is 6.92 Å². The van der Waals surface area contributed by atoms with Gasteiger partial charge in [-0.25, -0.2) is 4.79 Å². The highest BCUT2D eigenvalue weighted by molar-refractivity contribution is 6.31. The Hall–Kier alpha value is -3.38. The normalized spacial score (nSPS) is 12.2. The predicted molar refractivity (Wildman–Crippen MR) is 142 cm³/mol. The van der Waals surface area contributed by atoms with Crippen molar-refractivity contribution in [3.8, 4) is 16.9 Å². The number of aryl methyl sites for hydroxylation is 1. The average Bonchev–Trinajstić information content (AvgIpc) is 2.83. The van der Waals surface area contributed by atoms with Crippen molar-refractivity contribution in [3.63, 3.8) is 0 Å². The minimum atomic E-state index is -0.916. The minimum absolute atomic E-state index is 0.171. The van der Waals surface area contributed by atoms with Gasteiger partial charge in [0, 0.05) is 28.6 Å². The molecule has 36 heavy (non-hydrogen) atoms. The van der Waals surface area contributed by atoms with Crippen LogP contribution in [0.4, 0.5) is 0 Å². The zero-order valence-electron chi connectivity index (χ0n) is 21.6. The molecule has 1 atom stereocenters. The molecule has 0 radical (unpaired) electrons. The number of nitrogens with zero attached hydrogens (tertiary/aromatic N) is 1. The van der Waals surface area contributed by atoms with Crippen LogP contribution in [0.15, 0.2) is 59.5 Å². The zero-order chi connectivity index (χ0) is 26.6. The highest BCUT2D eigenvalue weighted by Gasteiger charge is 2.30. The molecule has 7 heteroatoms. The van der Waals surface area contributed by atoms with Gasteiger partial charge in [-0.1, -0.05) is 48.4 Å². The van der Waals surface area contributed by atoms with Gasteiger partial charge in [-0.15, -0.1) is 0 Å². The van der Waals surface area contributed by atoms with Crippen molar-refractivity contribution < 1.29 is 19.1 Å². The van der Waals surface area contributed by atoms with Gasteiger partial charge in [0.2, 0.25) is 0 Å². The topological polar surface area (TPSA) is 74.6 Å². The third kappa shape index (κ3) is 6.24. The smallest absolute Gasteiger partial charge is 0.330 e. The van der Waals surface area contributed by atoms with Gasteiger partial charge in [-0.05, 0) is 63.4 Å². The lowest BCUT2D eigenvalue weighted by atomic mass is 9.97. The maximum Gasteiger partial charge on any atom is 0.330 e. The van der Waals surface area contributed by atoms with Gasteiger partial charge in [-0.2, -0.15) is 0 Å². The summed E-state index contributed by atoms with van der Waals surface area (Å²) in [5.74, 6) is -0.349. The third-order valence-corrected chi connectivity index (χ3v) is 6.54. The number of pyridine rings is 1. The van der Waals surface area contributed by atoms with Crippen LogP contribution in [0.1, 0.15) is 61.6 Å². The molecule has 0 bridgehead atoms. The summed E-state index contributed by atoms with van der Waals surface area (Å²) < 4.78 is 12.8. The number of methoxy groups -OCH3 is 1. The van der Waals surface area contributed by atoms with Gasteiger partial charge in [0.05, 0.1) is 13.3 Å². The molecule has 0 saturated heterocycles. The second-order valence-corrected chi connectivity index (χ2v) is 9.92. The van der Waals surface area contributed by atoms with Crippen molar-refractivity contribution in [3.05, 3.63) is 86.8 Å². The van der Waals surface area contributed by atoms with Gasteiger partial charge < -0.3 is 9.47 Å². The Morgan fingerprint density at radius 3 is 2.31 bits per heavy atom. The van der Waals surface area contributed by atoms with Gasteiger partial charge in [0.25, 0.3) is 5.56 Å². The zero-order valence-corrected chi connectivity index (χ0v) is 22.3. The number of hydrogen-bond donors (Lipinski definition) is 0. The van der Waals surface area contributed by atoms with Crippen molar-refractivity contribution in [2.45, 2.75) is 59.1 Å². The van der Waals surface area contributed by atoms with E-state index in [-0.39, 0.29) is 12.2 Å². The van der Waals surface area contributed by atoms with Crippen LogP contribution >= 0.6 is 11.6 Å². The molecule has 0 fully saturated rings. The molecule has 0 aliphatic heterocycles. The van der Waals surface area contributed by atoms with Crippen LogP contribution < -0.4 is 10.3 Å². The first kappa shape index (κ1) is 27.2. The first-order valence-electron chi connectivity index (χ1n) is 11.8. The predicted octanol–water partition coefficient (Wildman–Crippen LogP) is 6.20. The Kier molecular flexibility index (Phi) is 8.41. The second-order valence-electron chi connectivity index (χ2n) is 9.49. The Bertz CT molecular complexity index is 1320. The molecular formula is C29H32ClNO5. The van der Waals surface area contributed by atoms with E-state index in [2.05, 4.69) is 0 Å². The molecule has 190 valence electrons. The van der Waals surface area contributed by atoms with E-state index >= 15 is 0 Å². The van der Waals surface area contributed by atoms with Crippen LogP contribution in [0.5, 0.6) is 5.75 Å². The average molecular weight is 510 g/mol. The van der Waals surface area contributed by atoms with Gasteiger partial charge in [0.1, 0.15) is 17.4 Å². The van der Waals surface area contributed by atoms with Crippen LogP contribution in [0.2, 0.25) is 5.02 Å². The standard InChI is InChI=1S/C29H32ClNO5/c1-7-29(4,5)36-28(34)25(14-20-10-8-18(2)9-11-20)31-17-26(35-6)24(16-27(31)33)23-15-21(30)12-13-22(23)19(3)32/h8-13,15-17,25H,7,14H2,1-6H3. The second kappa shape index (κ2) is 11.1. The van der Waals surface area contributed by atoms with E-state index in [1.165, 1.54) is 30.9 Å². The number of Topliss-reactive ketones (excluding diaryl/α,β-unsaturated/α-hetero) is 1. The molecule has 1 heterocycles. The highest BCUT2D eigenvalue weighted by Crippen LogP contribution is 2.34. The number of aromatic nitrogens is 1. The summed E-state index contributed by atoms with van der Waals surface area (Å²) in [6, 6.07) is 13.1. The number of rotatable bonds is 9. The Labute approximate surface area is 216 Å². The van der Waals surface area contributed by atoms with Crippen LogP contribution in [-0.2, 0) is 16.0 Å². The fourth-order valence-corrected chi connectivity index (χ4v) is 4.02. The molecule has 0 aliphatic rings. The first-order chi connectivity index (χ1) is 17.0. The number of esters is 1. The van der Waals surface area contributed by atoms with Crippen LogP contribution in [0.3, 0.4) is 0 Å². The molecule has 1 aromatic heterocycles. The largest absolute Gasteiger partial charge is 0.495 e. The van der Waals surface area contributed by atoms with Crippen molar-refractivity contribution in [2.75, 3.05) is 7.11 Å². The van der Waals surface area contributed by atoms with Gasteiger partial charge in [-0.3, -0.25) is 14.2 Å². The van der Waals surface area contributed by atoms with E-state index in [4.69, 9.17) is 21.1 Å². The highest BCUT2D eigenvalue weighted by atomic mass is 35.5. The van der Waals surface area contributed by atoms with E-state index in [1.807, 2.05) is 52.0 Å². The SMILES string of the molecule is CCC(C)(C)OC(=O)C(Cc1ccc(C)cc1)n1cc(OC)c(-c2cc(Cl)ccc2C(C)=O)cc1=O.